The van der Waals surface area contributed by atoms with Gasteiger partial charge in [-0.05, 0) is 84.9 Å². The van der Waals surface area contributed by atoms with Crippen LogP contribution in [0.15, 0.2) is 0 Å². The molecular formula is C30H34O4. The highest BCUT2D eigenvalue weighted by atomic mass is 16.4. The number of unbranched alkanes of at least 4 members (excludes halogenated alkanes) is 12. The average molecular weight is 459 g/mol. The summed E-state index contributed by atoms with van der Waals surface area (Å²) in [5, 5.41) is 17.1. The number of carbonyl (C=O) groups is 2. The third kappa shape index (κ3) is 28.3. The molecule has 0 aromatic rings. The molecule has 0 spiro atoms. The van der Waals surface area contributed by atoms with Gasteiger partial charge in [0.05, 0.1) is 0 Å². The number of aliphatic carboxylic acids is 2. The molecule has 0 aliphatic rings. The van der Waals surface area contributed by atoms with Gasteiger partial charge in [-0.25, -0.2) is 0 Å². The SMILES string of the molecule is O=C(O)CCCCCCCCC#CC#CC#CC#CC#CC#CCCCCCCCCC(=O)O. The molecule has 0 rings (SSSR count). The third-order valence-corrected chi connectivity index (χ3v) is 4.62. The number of hydrogen-bond donors (Lipinski definition) is 2. The van der Waals surface area contributed by atoms with E-state index in [0.29, 0.717) is 0 Å². The van der Waals surface area contributed by atoms with Gasteiger partial charge < -0.3 is 10.2 Å². The second kappa shape index (κ2) is 25.6. The lowest BCUT2D eigenvalue weighted by molar-refractivity contribution is -0.138. The molecule has 0 radical (unpaired) electrons. The van der Waals surface area contributed by atoms with Crippen molar-refractivity contribution >= 4 is 11.9 Å². The maximum Gasteiger partial charge on any atom is 0.303 e. The Hall–Kier alpha value is -3.70. The van der Waals surface area contributed by atoms with Gasteiger partial charge in [0.25, 0.3) is 0 Å². The van der Waals surface area contributed by atoms with Crippen molar-refractivity contribution in [1.29, 1.82) is 0 Å². The van der Waals surface area contributed by atoms with Crippen molar-refractivity contribution in [2.24, 2.45) is 0 Å². The predicted molar refractivity (Wildman–Crippen MR) is 136 cm³/mol. The maximum atomic E-state index is 10.4. The summed E-state index contributed by atoms with van der Waals surface area (Å²) >= 11 is 0. The van der Waals surface area contributed by atoms with Gasteiger partial charge >= 0.3 is 11.9 Å². The number of carboxylic acids is 2. The molecule has 0 aromatic carbocycles. The van der Waals surface area contributed by atoms with Crippen LogP contribution in [0.3, 0.4) is 0 Å². The van der Waals surface area contributed by atoms with Crippen molar-refractivity contribution in [2.45, 2.75) is 103 Å². The van der Waals surface area contributed by atoms with Crippen molar-refractivity contribution < 1.29 is 19.8 Å². The fourth-order valence-electron chi connectivity index (χ4n) is 2.86. The van der Waals surface area contributed by atoms with Crippen molar-refractivity contribution in [3.05, 3.63) is 0 Å². The van der Waals surface area contributed by atoms with Gasteiger partial charge in [0.15, 0.2) is 0 Å². The first-order valence-corrected chi connectivity index (χ1v) is 12.0. The van der Waals surface area contributed by atoms with Crippen molar-refractivity contribution in [2.75, 3.05) is 0 Å². The van der Waals surface area contributed by atoms with Gasteiger partial charge in [0.1, 0.15) is 0 Å². The molecule has 0 bridgehead atoms. The largest absolute Gasteiger partial charge is 0.481 e. The Morgan fingerprint density at radius 3 is 0.971 bits per heavy atom. The molecule has 0 atom stereocenters. The van der Waals surface area contributed by atoms with Crippen molar-refractivity contribution in [3.63, 3.8) is 0 Å². The molecule has 0 aliphatic carbocycles. The van der Waals surface area contributed by atoms with Crippen LogP contribution in [0, 0.1) is 71.0 Å². The van der Waals surface area contributed by atoms with E-state index in [9.17, 15) is 9.59 Å². The van der Waals surface area contributed by atoms with Crippen LogP contribution >= 0.6 is 0 Å². The zero-order chi connectivity index (χ0) is 25.0. The first kappa shape index (κ1) is 30.3. The zero-order valence-corrected chi connectivity index (χ0v) is 20.0. The molecule has 0 heterocycles. The topological polar surface area (TPSA) is 74.6 Å². The van der Waals surface area contributed by atoms with Crippen LogP contribution in [-0.2, 0) is 9.59 Å². The Kier molecular flexibility index (Phi) is 22.8. The first-order chi connectivity index (χ1) is 16.6. The van der Waals surface area contributed by atoms with Gasteiger partial charge in [-0.15, -0.1) is 0 Å². The fourth-order valence-corrected chi connectivity index (χ4v) is 2.86. The summed E-state index contributed by atoms with van der Waals surface area (Å²) in [7, 11) is 0. The zero-order valence-electron chi connectivity index (χ0n) is 20.0. The summed E-state index contributed by atoms with van der Waals surface area (Å²) < 4.78 is 0. The molecule has 34 heavy (non-hydrogen) atoms. The second-order valence-electron chi connectivity index (χ2n) is 7.63. The van der Waals surface area contributed by atoms with Gasteiger partial charge in [-0.1, -0.05) is 63.2 Å². The lowest BCUT2D eigenvalue weighted by Gasteiger charge is -1.98. The summed E-state index contributed by atoms with van der Waals surface area (Å²) in [6.07, 6.45) is 14.3. The van der Waals surface area contributed by atoms with E-state index >= 15 is 0 Å². The van der Waals surface area contributed by atoms with Crippen LogP contribution < -0.4 is 0 Å². The minimum absolute atomic E-state index is 0.267. The highest BCUT2D eigenvalue weighted by Crippen LogP contribution is 2.09. The predicted octanol–water partition coefficient (Wildman–Crippen LogP) is 5.42. The highest BCUT2D eigenvalue weighted by Gasteiger charge is 1.97. The molecule has 4 nitrogen and oxygen atoms in total. The Morgan fingerprint density at radius 2 is 0.647 bits per heavy atom. The van der Waals surface area contributed by atoms with E-state index < -0.39 is 11.9 Å². The average Bonchev–Trinajstić information content (AvgIpc) is 2.80. The van der Waals surface area contributed by atoms with E-state index in [1.807, 2.05) is 0 Å². The molecule has 178 valence electrons. The van der Waals surface area contributed by atoms with Gasteiger partial charge in [0, 0.05) is 25.7 Å². The molecule has 0 saturated carbocycles. The van der Waals surface area contributed by atoms with E-state index in [0.717, 1.165) is 89.9 Å². The lowest BCUT2D eigenvalue weighted by Crippen LogP contribution is -1.93. The summed E-state index contributed by atoms with van der Waals surface area (Å²) in [5.41, 5.74) is 0. The number of hydrogen-bond acceptors (Lipinski definition) is 2. The van der Waals surface area contributed by atoms with E-state index in [1.165, 1.54) is 0 Å². The van der Waals surface area contributed by atoms with Crippen molar-refractivity contribution in [1.82, 2.24) is 0 Å². The molecule has 4 heteroatoms. The molecule has 0 aromatic heterocycles. The van der Waals surface area contributed by atoms with Crippen LogP contribution in [0.5, 0.6) is 0 Å². The summed E-state index contributed by atoms with van der Waals surface area (Å²) in [4.78, 5) is 20.8. The smallest absolute Gasteiger partial charge is 0.303 e. The van der Waals surface area contributed by atoms with Crippen LogP contribution in [-0.4, -0.2) is 22.2 Å². The summed E-state index contributed by atoms with van der Waals surface area (Å²) in [6, 6.07) is 0. The Morgan fingerprint density at radius 1 is 0.382 bits per heavy atom. The number of carboxylic acid groups (broad SMARTS) is 2. The van der Waals surface area contributed by atoms with Gasteiger partial charge in [-0.2, -0.15) is 0 Å². The Balaban J connectivity index is 3.71. The van der Waals surface area contributed by atoms with Crippen LogP contribution in [0.25, 0.3) is 0 Å². The molecule has 0 aliphatic heterocycles. The molecule has 0 amide bonds. The van der Waals surface area contributed by atoms with E-state index in [2.05, 4.69) is 71.0 Å². The fraction of sp³-hybridized carbons (Fsp3) is 0.533. The maximum absolute atomic E-state index is 10.4. The van der Waals surface area contributed by atoms with E-state index in [-0.39, 0.29) is 12.8 Å². The van der Waals surface area contributed by atoms with Crippen LogP contribution in [0.1, 0.15) is 103 Å². The van der Waals surface area contributed by atoms with E-state index in [4.69, 9.17) is 10.2 Å². The lowest BCUT2D eigenvalue weighted by atomic mass is 10.1. The summed E-state index contributed by atoms with van der Waals surface area (Å²) in [5.74, 6) is 31.2. The molecule has 2 N–H and O–H groups in total. The Bertz CT molecular complexity index is 885. The third-order valence-electron chi connectivity index (χ3n) is 4.62. The first-order valence-electron chi connectivity index (χ1n) is 12.0. The standard InChI is InChI=1S/C30H34O4/c31-29(32)27-25-23-21-19-17-15-13-11-9-7-5-3-1-2-4-6-8-10-12-14-16-18-20-22-24-26-28-30(33)34/h13-28H2,(H,31,32)(H,33,34). The molecular weight excluding hydrogens is 424 g/mol. The normalized spacial score (nSPS) is 8.35. The van der Waals surface area contributed by atoms with Crippen molar-refractivity contribution in [3.8, 4) is 71.0 Å². The second-order valence-corrected chi connectivity index (χ2v) is 7.63. The minimum Gasteiger partial charge on any atom is -0.481 e. The summed E-state index contributed by atoms with van der Waals surface area (Å²) in [6.45, 7) is 0. The van der Waals surface area contributed by atoms with Gasteiger partial charge in [-0.3, -0.25) is 9.59 Å². The minimum atomic E-state index is -0.717. The quantitative estimate of drug-likeness (QED) is 0.239. The molecule has 0 fully saturated rings. The molecule has 0 saturated heterocycles. The number of rotatable bonds is 16. The molecule has 0 unspecified atom stereocenters. The van der Waals surface area contributed by atoms with E-state index in [1.54, 1.807) is 0 Å². The van der Waals surface area contributed by atoms with Crippen LogP contribution in [0.2, 0.25) is 0 Å². The Labute approximate surface area is 205 Å². The van der Waals surface area contributed by atoms with Crippen LogP contribution in [0.4, 0.5) is 0 Å². The monoisotopic (exact) mass is 458 g/mol. The highest BCUT2D eigenvalue weighted by molar-refractivity contribution is 5.66. The van der Waals surface area contributed by atoms with Gasteiger partial charge in [0.2, 0.25) is 0 Å².